The maximum Gasteiger partial charge on any atom is 0.258 e. The number of anilines is 1. The van der Waals surface area contributed by atoms with Crippen molar-refractivity contribution in [2.24, 2.45) is 0 Å². The molecule has 1 saturated carbocycles. The molecule has 0 spiro atoms. The highest BCUT2D eigenvalue weighted by Crippen LogP contribution is 2.36. The highest BCUT2D eigenvalue weighted by atomic mass is 35.5. The number of nitrogens with one attached hydrogen (secondary N) is 2. The van der Waals surface area contributed by atoms with E-state index in [4.69, 9.17) is 21.1 Å². The Balaban J connectivity index is 1.58. The molecule has 32 heavy (non-hydrogen) atoms. The van der Waals surface area contributed by atoms with Gasteiger partial charge in [0.25, 0.3) is 5.91 Å². The number of benzene rings is 1. The summed E-state index contributed by atoms with van der Waals surface area (Å²) in [7, 11) is 5.04. The van der Waals surface area contributed by atoms with E-state index in [0.29, 0.717) is 11.5 Å². The van der Waals surface area contributed by atoms with Crippen molar-refractivity contribution in [3.63, 3.8) is 0 Å². The Morgan fingerprint density at radius 1 is 1.22 bits per heavy atom. The summed E-state index contributed by atoms with van der Waals surface area (Å²) >= 11 is 6.37. The first-order chi connectivity index (χ1) is 15.5. The number of likely N-dealkylation sites (N-methyl/N-ethyl adjacent to an activating group) is 1. The summed E-state index contributed by atoms with van der Waals surface area (Å²) < 4.78 is 26.1. The Hall–Kier alpha value is -2.58. The molecule has 2 heterocycles. The summed E-state index contributed by atoms with van der Waals surface area (Å²) in [5.74, 6) is 0.500. The van der Waals surface area contributed by atoms with Gasteiger partial charge in [0.2, 0.25) is 0 Å². The van der Waals surface area contributed by atoms with Crippen LogP contribution in [0.3, 0.4) is 0 Å². The highest BCUT2D eigenvalue weighted by molar-refractivity contribution is 6.33. The lowest BCUT2D eigenvalue weighted by Gasteiger charge is -2.32. The third-order valence-corrected chi connectivity index (χ3v) is 6.63. The van der Waals surface area contributed by atoms with Gasteiger partial charge >= 0.3 is 0 Å². The predicted molar refractivity (Wildman–Crippen MR) is 121 cm³/mol. The van der Waals surface area contributed by atoms with Crippen LogP contribution in [0, 0.1) is 5.82 Å². The number of aromatic nitrogens is 1. The van der Waals surface area contributed by atoms with Crippen LogP contribution in [0.15, 0.2) is 18.2 Å². The molecule has 1 aliphatic carbocycles. The third kappa shape index (κ3) is 4.21. The standard InChI is InChI=1S/C23H28ClFN4O3/c1-26-16-6-4-5-7-17(16)27-22-20(25)15-12-29(23(30)19(15)21(24)28-22)11-13-8-9-14(31-2)10-18(13)32-3/h8-10,16-17,26H,4-7,11-12H2,1-3H3,(H,27,28). The molecule has 1 aromatic heterocycles. The second kappa shape index (κ2) is 9.50. The van der Waals surface area contributed by atoms with Crippen LogP contribution in [0.2, 0.25) is 5.15 Å². The van der Waals surface area contributed by atoms with E-state index in [1.165, 1.54) is 0 Å². The Morgan fingerprint density at radius 2 is 1.97 bits per heavy atom. The summed E-state index contributed by atoms with van der Waals surface area (Å²) in [6, 6.07) is 5.67. The average molecular weight is 463 g/mol. The average Bonchev–Trinajstić information content (AvgIpc) is 3.14. The molecule has 1 fully saturated rings. The van der Waals surface area contributed by atoms with Gasteiger partial charge in [-0.3, -0.25) is 4.79 Å². The summed E-state index contributed by atoms with van der Waals surface area (Å²) in [4.78, 5) is 18.8. The first-order valence-corrected chi connectivity index (χ1v) is 11.2. The van der Waals surface area contributed by atoms with Crippen LogP contribution in [0.4, 0.5) is 10.2 Å². The molecule has 0 radical (unpaired) electrons. The van der Waals surface area contributed by atoms with Gasteiger partial charge in [-0.1, -0.05) is 24.4 Å². The zero-order chi connectivity index (χ0) is 22.8. The topological polar surface area (TPSA) is 75.7 Å². The van der Waals surface area contributed by atoms with Gasteiger partial charge in [-0.2, -0.15) is 0 Å². The van der Waals surface area contributed by atoms with Crippen molar-refractivity contribution in [3.8, 4) is 11.5 Å². The van der Waals surface area contributed by atoms with Crippen LogP contribution in [0.5, 0.6) is 11.5 Å². The zero-order valence-electron chi connectivity index (χ0n) is 18.5. The van der Waals surface area contributed by atoms with Crippen molar-refractivity contribution in [1.29, 1.82) is 0 Å². The van der Waals surface area contributed by atoms with Crippen LogP contribution < -0.4 is 20.1 Å². The van der Waals surface area contributed by atoms with E-state index >= 15 is 4.39 Å². The molecular weight excluding hydrogens is 435 g/mol. The minimum atomic E-state index is -0.512. The normalized spacial score (nSPS) is 20.3. The van der Waals surface area contributed by atoms with Gasteiger partial charge in [-0.05, 0) is 32.0 Å². The SMILES string of the molecule is CNC1CCCCC1Nc1nc(Cl)c2c(c1F)CN(Cc1ccc(OC)cc1OC)C2=O. The quantitative estimate of drug-likeness (QED) is 0.606. The number of carbonyl (C=O) groups is 1. The van der Waals surface area contributed by atoms with Crippen LogP contribution in [0.25, 0.3) is 0 Å². The number of methoxy groups -OCH3 is 2. The van der Waals surface area contributed by atoms with E-state index in [2.05, 4.69) is 15.6 Å². The van der Waals surface area contributed by atoms with Gasteiger partial charge in [-0.15, -0.1) is 0 Å². The van der Waals surface area contributed by atoms with Gasteiger partial charge in [0.1, 0.15) is 16.7 Å². The molecule has 0 bridgehead atoms. The number of hydrogen-bond donors (Lipinski definition) is 2. The minimum Gasteiger partial charge on any atom is -0.497 e. The smallest absolute Gasteiger partial charge is 0.258 e. The number of halogens is 2. The number of pyridine rings is 1. The molecule has 2 aliphatic rings. The lowest BCUT2D eigenvalue weighted by molar-refractivity contribution is 0.0765. The van der Waals surface area contributed by atoms with Crippen LogP contribution in [0.1, 0.15) is 47.2 Å². The number of carbonyl (C=O) groups excluding carboxylic acids is 1. The predicted octanol–water partition coefficient (Wildman–Crippen LogP) is 3.99. The van der Waals surface area contributed by atoms with Crippen molar-refractivity contribution in [2.75, 3.05) is 26.6 Å². The van der Waals surface area contributed by atoms with E-state index in [-0.39, 0.29) is 53.2 Å². The molecule has 1 aromatic carbocycles. The van der Waals surface area contributed by atoms with Crippen molar-refractivity contribution < 1.29 is 18.7 Å². The maximum atomic E-state index is 15.4. The minimum absolute atomic E-state index is 0.0231. The third-order valence-electron chi connectivity index (χ3n) is 6.36. The van der Waals surface area contributed by atoms with Crippen molar-refractivity contribution >= 4 is 23.3 Å². The molecule has 2 N–H and O–H groups in total. The Labute approximate surface area is 192 Å². The van der Waals surface area contributed by atoms with Gasteiger partial charge in [0, 0.05) is 35.8 Å². The number of ether oxygens (including phenoxy) is 2. The molecule has 1 amide bonds. The van der Waals surface area contributed by atoms with Crippen molar-refractivity contribution in [2.45, 2.75) is 50.9 Å². The number of nitrogens with zero attached hydrogens (tertiary/aromatic N) is 2. The van der Waals surface area contributed by atoms with Crippen LogP contribution >= 0.6 is 11.6 Å². The number of hydrogen-bond acceptors (Lipinski definition) is 6. The van der Waals surface area contributed by atoms with E-state index in [9.17, 15) is 4.79 Å². The number of amides is 1. The van der Waals surface area contributed by atoms with Gasteiger partial charge in [-0.25, -0.2) is 9.37 Å². The lowest BCUT2D eigenvalue weighted by Crippen LogP contribution is -2.45. The highest BCUT2D eigenvalue weighted by Gasteiger charge is 2.36. The van der Waals surface area contributed by atoms with Crippen LogP contribution in [-0.2, 0) is 13.1 Å². The molecule has 172 valence electrons. The fraction of sp³-hybridized carbons (Fsp3) is 0.478. The second-order valence-electron chi connectivity index (χ2n) is 8.19. The van der Waals surface area contributed by atoms with Gasteiger partial charge < -0.3 is 25.0 Å². The number of fused-ring (bicyclic) bond motifs is 1. The first-order valence-electron chi connectivity index (χ1n) is 10.8. The summed E-state index contributed by atoms with van der Waals surface area (Å²) in [5, 5.41) is 6.55. The molecule has 2 atom stereocenters. The monoisotopic (exact) mass is 462 g/mol. The van der Waals surface area contributed by atoms with E-state index < -0.39 is 5.82 Å². The van der Waals surface area contributed by atoms with Crippen LogP contribution in [-0.4, -0.2) is 49.1 Å². The molecular formula is C23H28ClFN4O3. The first kappa shape index (κ1) is 22.6. The molecule has 7 nitrogen and oxygen atoms in total. The molecule has 2 aromatic rings. The maximum absolute atomic E-state index is 15.4. The van der Waals surface area contributed by atoms with E-state index in [0.717, 1.165) is 31.2 Å². The molecule has 1 aliphatic heterocycles. The van der Waals surface area contributed by atoms with E-state index in [1.807, 2.05) is 13.1 Å². The molecule has 4 rings (SSSR count). The van der Waals surface area contributed by atoms with Crippen molar-refractivity contribution in [1.82, 2.24) is 15.2 Å². The largest absolute Gasteiger partial charge is 0.497 e. The fourth-order valence-electron chi connectivity index (χ4n) is 4.60. The zero-order valence-corrected chi connectivity index (χ0v) is 19.3. The number of rotatable bonds is 7. The van der Waals surface area contributed by atoms with Crippen molar-refractivity contribution in [3.05, 3.63) is 45.9 Å². The fourth-order valence-corrected chi connectivity index (χ4v) is 4.88. The molecule has 2 unspecified atom stereocenters. The Morgan fingerprint density at radius 3 is 2.66 bits per heavy atom. The Bertz CT molecular complexity index is 1020. The molecule has 0 saturated heterocycles. The molecule has 9 heteroatoms. The van der Waals surface area contributed by atoms with E-state index in [1.54, 1.807) is 31.3 Å². The second-order valence-corrected chi connectivity index (χ2v) is 8.55. The van der Waals surface area contributed by atoms with Gasteiger partial charge in [0.05, 0.1) is 26.3 Å². The summed E-state index contributed by atoms with van der Waals surface area (Å²) in [6.07, 6.45) is 4.16. The Kier molecular flexibility index (Phi) is 6.71. The summed E-state index contributed by atoms with van der Waals surface area (Å²) in [5.41, 5.74) is 1.20. The summed E-state index contributed by atoms with van der Waals surface area (Å²) in [6.45, 7) is 0.371. The van der Waals surface area contributed by atoms with Gasteiger partial charge in [0.15, 0.2) is 11.6 Å². The lowest BCUT2D eigenvalue weighted by atomic mass is 9.90.